The predicted molar refractivity (Wildman–Crippen MR) is 70.2 cm³/mol. The van der Waals surface area contributed by atoms with Crippen LogP contribution in [0.2, 0.25) is 0 Å². The number of carbonyl (C=O) groups is 2. The number of hydrogen-bond donors (Lipinski definition) is 0. The predicted octanol–water partition coefficient (Wildman–Crippen LogP) is 1.22. The van der Waals surface area contributed by atoms with Crippen molar-refractivity contribution in [1.82, 2.24) is 4.90 Å². The van der Waals surface area contributed by atoms with Crippen LogP contribution in [0.3, 0.4) is 0 Å². The van der Waals surface area contributed by atoms with Crippen molar-refractivity contribution in [3.63, 3.8) is 0 Å². The summed E-state index contributed by atoms with van der Waals surface area (Å²) in [5, 5.41) is 0. The van der Waals surface area contributed by atoms with Crippen LogP contribution in [0.1, 0.15) is 27.9 Å². The summed E-state index contributed by atoms with van der Waals surface area (Å²) in [6.45, 7) is 1.29. The van der Waals surface area contributed by atoms with Crippen molar-refractivity contribution in [1.29, 1.82) is 0 Å². The molecule has 4 heteroatoms. The van der Waals surface area contributed by atoms with Crippen LogP contribution in [0.15, 0.2) is 18.2 Å². The summed E-state index contributed by atoms with van der Waals surface area (Å²) in [7, 11) is 0. The number of benzene rings is 1. The van der Waals surface area contributed by atoms with Gasteiger partial charge in [-0.2, -0.15) is 0 Å². The number of fused-ring (bicyclic) bond motifs is 1. The lowest BCUT2D eigenvalue weighted by Crippen LogP contribution is -2.44. The number of ketones is 1. The minimum Gasteiger partial charge on any atom is -0.370 e. The Hall–Kier alpha value is -1.68. The standard InChI is InChI=1S/C15H17NO3/c17-14(9-16-6-7-19-10-15(16)18)13-5-4-11-2-1-3-12(11)8-13/h4-5,8H,1-3,6-7,9-10H2. The first-order chi connectivity index (χ1) is 9.24. The number of ether oxygens (including phenoxy) is 1. The molecule has 100 valence electrons. The zero-order chi connectivity index (χ0) is 13.2. The second kappa shape index (κ2) is 5.13. The van der Waals surface area contributed by atoms with Gasteiger partial charge in [-0.25, -0.2) is 0 Å². The first-order valence-electron chi connectivity index (χ1n) is 6.74. The summed E-state index contributed by atoms with van der Waals surface area (Å²) in [6, 6.07) is 5.93. The Balaban J connectivity index is 1.71. The fourth-order valence-corrected chi connectivity index (χ4v) is 2.73. The Kier molecular flexibility index (Phi) is 3.34. The van der Waals surface area contributed by atoms with Crippen LogP contribution >= 0.6 is 0 Å². The fraction of sp³-hybridized carbons (Fsp3) is 0.467. The average molecular weight is 259 g/mol. The molecule has 1 aliphatic heterocycles. The van der Waals surface area contributed by atoms with Crippen LogP contribution in [0.25, 0.3) is 0 Å². The van der Waals surface area contributed by atoms with E-state index in [0.29, 0.717) is 13.2 Å². The Morgan fingerprint density at radius 2 is 2.11 bits per heavy atom. The van der Waals surface area contributed by atoms with Gasteiger partial charge in [0.25, 0.3) is 0 Å². The van der Waals surface area contributed by atoms with E-state index >= 15 is 0 Å². The minimum absolute atomic E-state index is 0.0185. The molecule has 0 saturated carbocycles. The van der Waals surface area contributed by atoms with Crippen molar-refractivity contribution in [3.05, 3.63) is 34.9 Å². The lowest BCUT2D eigenvalue weighted by atomic mass is 10.0. The molecule has 1 aliphatic carbocycles. The lowest BCUT2D eigenvalue weighted by molar-refractivity contribution is -0.141. The molecule has 4 nitrogen and oxygen atoms in total. The smallest absolute Gasteiger partial charge is 0.249 e. The van der Waals surface area contributed by atoms with Gasteiger partial charge >= 0.3 is 0 Å². The van der Waals surface area contributed by atoms with Gasteiger partial charge in [0.2, 0.25) is 5.91 Å². The Morgan fingerprint density at radius 3 is 2.95 bits per heavy atom. The quantitative estimate of drug-likeness (QED) is 0.767. The molecule has 0 N–H and O–H groups in total. The summed E-state index contributed by atoms with van der Waals surface area (Å²) in [6.07, 6.45) is 3.35. The third-order valence-electron chi connectivity index (χ3n) is 3.84. The van der Waals surface area contributed by atoms with E-state index in [-0.39, 0.29) is 24.8 Å². The van der Waals surface area contributed by atoms with E-state index in [1.54, 1.807) is 4.90 Å². The van der Waals surface area contributed by atoms with E-state index in [0.717, 1.165) is 18.4 Å². The first kappa shape index (κ1) is 12.4. The van der Waals surface area contributed by atoms with Gasteiger partial charge in [-0.05, 0) is 36.5 Å². The van der Waals surface area contributed by atoms with Crippen LogP contribution in [0, 0.1) is 0 Å². The van der Waals surface area contributed by atoms with Crippen LogP contribution in [-0.2, 0) is 22.4 Å². The zero-order valence-corrected chi connectivity index (χ0v) is 10.9. The molecule has 1 aromatic rings. The van der Waals surface area contributed by atoms with Gasteiger partial charge < -0.3 is 9.64 Å². The number of hydrogen-bond acceptors (Lipinski definition) is 3. The topological polar surface area (TPSA) is 46.6 Å². The maximum atomic E-state index is 12.2. The van der Waals surface area contributed by atoms with Gasteiger partial charge in [0.1, 0.15) is 6.61 Å². The third kappa shape index (κ3) is 2.54. The van der Waals surface area contributed by atoms with E-state index in [9.17, 15) is 9.59 Å². The van der Waals surface area contributed by atoms with Crippen molar-refractivity contribution in [2.24, 2.45) is 0 Å². The van der Waals surface area contributed by atoms with Crippen molar-refractivity contribution >= 4 is 11.7 Å². The van der Waals surface area contributed by atoms with E-state index in [1.807, 2.05) is 12.1 Å². The number of morpholine rings is 1. The van der Waals surface area contributed by atoms with Crippen molar-refractivity contribution in [2.75, 3.05) is 26.3 Å². The molecule has 3 rings (SSSR count). The summed E-state index contributed by atoms with van der Waals surface area (Å²) in [4.78, 5) is 25.4. The van der Waals surface area contributed by atoms with E-state index in [2.05, 4.69) is 6.07 Å². The molecule has 0 aromatic heterocycles. The summed E-state index contributed by atoms with van der Waals surface area (Å²) >= 11 is 0. The van der Waals surface area contributed by atoms with Crippen LogP contribution in [0.4, 0.5) is 0 Å². The van der Waals surface area contributed by atoms with Crippen molar-refractivity contribution < 1.29 is 14.3 Å². The molecule has 0 unspecified atom stereocenters. The lowest BCUT2D eigenvalue weighted by Gasteiger charge is -2.26. The fourth-order valence-electron chi connectivity index (χ4n) is 2.73. The van der Waals surface area contributed by atoms with Gasteiger partial charge in [0, 0.05) is 12.1 Å². The molecule has 19 heavy (non-hydrogen) atoms. The summed E-state index contributed by atoms with van der Waals surface area (Å²) in [5.74, 6) is -0.0780. The van der Waals surface area contributed by atoms with Gasteiger partial charge in [-0.1, -0.05) is 12.1 Å². The third-order valence-corrected chi connectivity index (χ3v) is 3.84. The molecule has 0 atom stereocenters. The number of aryl methyl sites for hydroxylation is 2. The van der Waals surface area contributed by atoms with Gasteiger partial charge in [-0.3, -0.25) is 9.59 Å². The average Bonchev–Trinajstić information content (AvgIpc) is 2.88. The Bertz CT molecular complexity index is 524. The van der Waals surface area contributed by atoms with Gasteiger partial charge in [0.15, 0.2) is 5.78 Å². The Labute approximate surface area is 112 Å². The zero-order valence-electron chi connectivity index (χ0n) is 10.9. The molecule has 1 fully saturated rings. The Morgan fingerprint density at radius 1 is 1.26 bits per heavy atom. The highest BCUT2D eigenvalue weighted by atomic mass is 16.5. The van der Waals surface area contributed by atoms with E-state index < -0.39 is 0 Å². The molecule has 2 aliphatic rings. The number of Topliss-reactive ketones (excluding diaryl/α,β-unsaturated/α-hetero) is 1. The molecular weight excluding hydrogens is 242 g/mol. The second-order valence-corrected chi connectivity index (χ2v) is 5.13. The highest BCUT2D eigenvalue weighted by molar-refractivity contribution is 5.99. The molecule has 0 spiro atoms. The maximum absolute atomic E-state index is 12.2. The molecule has 1 aromatic carbocycles. The van der Waals surface area contributed by atoms with Crippen LogP contribution in [-0.4, -0.2) is 42.9 Å². The number of nitrogens with zero attached hydrogens (tertiary/aromatic N) is 1. The number of carbonyl (C=O) groups excluding carboxylic acids is 2. The highest BCUT2D eigenvalue weighted by Gasteiger charge is 2.22. The number of amides is 1. The molecule has 1 amide bonds. The molecule has 0 bridgehead atoms. The summed E-state index contributed by atoms with van der Waals surface area (Å²) < 4.78 is 5.06. The number of rotatable bonds is 3. The summed E-state index contributed by atoms with van der Waals surface area (Å²) in [5.41, 5.74) is 3.37. The van der Waals surface area contributed by atoms with Crippen LogP contribution < -0.4 is 0 Å². The largest absolute Gasteiger partial charge is 0.370 e. The first-order valence-corrected chi connectivity index (χ1v) is 6.74. The monoisotopic (exact) mass is 259 g/mol. The SMILES string of the molecule is O=C(CN1CCOCC1=O)c1ccc2c(c1)CCC2. The van der Waals surface area contributed by atoms with Crippen molar-refractivity contribution in [2.45, 2.75) is 19.3 Å². The van der Waals surface area contributed by atoms with Crippen LogP contribution in [0.5, 0.6) is 0 Å². The minimum atomic E-state index is -0.0965. The molecular formula is C15H17NO3. The van der Waals surface area contributed by atoms with E-state index in [4.69, 9.17) is 4.74 Å². The highest BCUT2D eigenvalue weighted by Crippen LogP contribution is 2.23. The molecule has 1 saturated heterocycles. The second-order valence-electron chi connectivity index (χ2n) is 5.13. The van der Waals surface area contributed by atoms with E-state index in [1.165, 1.54) is 17.5 Å². The normalized spacial score (nSPS) is 18.5. The van der Waals surface area contributed by atoms with Gasteiger partial charge in [0.05, 0.1) is 13.2 Å². The molecule has 1 heterocycles. The molecule has 0 radical (unpaired) electrons. The van der Waals surface area contributed by atoms with Crippen molar-refractivity contribution in [3.8, 4) is 0 Å². The van der Waals surface area contributed by atoms with Gasteiger partial charge in [-0.15, -0.1) is 0 Å². The maximum Gasteiger partial charge on any atom is 0.249 e.